The van der Waals surface area contributed by atoms with E-state index in [0.29, 0.717) is 0 Å². The van der Waals surface area contributed by atoms with Crippen molar-refractivity contribution in [3.8, 4) is 0 Å². The summed E-state index contributed by atoms with van der Waals surface area (Å²) in [4.78, 5) is 12.2. The summed E-state index contributed by atoms with van der Waals surface area (Å²) in [5.74, 6) is -0.774. The Bertz CT molecular complexity index is 1120. The molecule has 30 heavy (non-hydrogen) atoms. The average molecular weight is 454 g/mol. The highest BCUT2D eigenvalue weighted by Gasteiger charge is 2.46. The second-order valence-electron chi connectivity index (χ2n) is 7.15. The van der Waals surface area contributed by atoms with Crippen LogP contribution in [0.15, 0.2) is 58.3 Å². The number of methoxy groups -OCH3 is 1. The number of carbonyl (C=O) groups is 1. The lowest BCUT2D eigenvalue weighted by Gasteiger charge is -2.22. The Labute approximate surface area is 176 Å². The van der Waals surface area contributed by atoms with Gasteiger partial charge in [-0.1, -0.05) is 35.4 Å². The lowest BCUT2D eigenvalue weighted by atomic mass is 10.2. The number of esters is 1. The van der Waals surface area contributed by atoms with Gasteiger partial charge < -0.3 is 4.74 Å². The molecule has 0 aromatic heterocycles. The molecule has 0 spiro atoms. The summed E-state index contributed by atoms with van der Waals surface area (Å²) in [6, 6.07) is 11.1. The molecular formula is C20H23NO7S2. The first-order valence-corrected chi connectivity index (χ1v) is 12.1. The smallest absolute Gasteiger partial charge is 0.324 e. The lowest BCUT2D eigenvalue weighted by Crippen LogP contribution is -2.41. The molecule has 0 aliphatic carbocycles. The number of nitrogens with zero attached hydrogens (tertiary/aromatic N) is 1. The van der Waals surface area contributed by atoms with E-state index in [-0.39, 0.29) is 22.8 Å². The lowest BCUT2D eigenvalue weighted by molar-refractivity contribution is -0.144. The van der Waals surface area contributed by atoms with Crippen molar-refractivity contribution < 1.29 is 30.6 Å². The second-order valence-corrected chi connectivity index (χ2v) is 10.6. The molecule has 8 nitrogen and oxygen atoms in total. The summed E-state index contributed by atoms with van der Waals surface area (Å²) >= 11 is 0. The topological polar surface area (TPSA) is 107 Å². The molecule has 1 aliphatic rings. The van der Waals surface area contributed by atoms with Gasteiger partial charge in [0.1, 0.15) is 6.04 Å². The van der Waals surface area contributed by atoms with Crippen molar-refractivity contribution in [2.24, 2.45) is 0 Å². The normalized spacial score (nSPS) is 20.2. The van der Waals surface area contributed by atoms with Gasteiger partial charge in [0.05, 0.1) is 23.0 Å². The van der Waals surface area contributed by atoms with Gasteiger partial charge in [0.2, 0.25) is 10.0 Å². The van der Waals surface area contributed by atoms with Crippen LogP contribution in [-0.2, 0) is 33.9 Å². The Balaban J connectivity index is 1.88. The summed E-state index contributed by atoms with van der Waals surface area (Å²) in [6.07, 6.45) is -1.16. The van der Waals surface area contributed by atoms with Crippen molar-refractivity contribution in [1.29, 1.82) is 0 Å². The van der Waals surface area contributed by atoms with Crippen molar-refractivity contribution in [3.63, 3.8) is 0 Å². The minimum atomic E-state index is -4.13. The Morgan fingerprint density at radius 2 is 1.40 bits per heavy atom. The Morgan fingerprint density at radius 1 is 0.900 bits per heavy atom. The zero-order chi connectivity index (χ0) is 22.1. The molecule has 3 rings (SSSR count). The van der Waals surface area contributed by atoms with Crippen LogP contribution >= 0.6 is 0 Å². The fourth-order valence-corrected chi connectivity index (χ4v) is 5.94. The van der Waals surface area contributed by atoms with Gasteiger partial charge in [-0.15, -0.1) is 0 Å². The summed E-state index contributed by atoms with van der Waals surface area (Å²) in [5.41, 5.74) is 1.77. The molecular weight excluding hydrogens is 430 g/mol. The third-order valence-electron chi connectivity index (χ3n) is 4.89. The number of ether oxygens (including phenoxy) is 1. The van der Waals surface area contributed by atoms with E-state index in [1.807, 2.05) is 13.8 Å². The highest BCUT2D eigenvalue weighted by Crippen LogP contribution is 2.30. The number of sulfonamides is 1. The van der Waals surface area contributed by atoms with Gasteiger partial charge >= 0.3 is 5.97 Å². The molecule has 0 amide bonds. The molecule has 1 saturated heterocycles. The number of hydrogen-bond donors (Lipinski definition) is 0. The van der Waals surface area contributed by atoms with Gasteiger partial charge in [-0.2, -0.15) is 12.7 Å². The molecule has 162 valence electrons. The molecule has 0 bridgehead atoms. The van der Waals surface area contributed by atoms with Gasteiger partial charge in [0.25, 0.3) is 10.1 Å². The minimum absolute atomic E-state index is 0.00375. The molecule has 1 fully saturated rings. The molecule has 1 aliphatic heterocycles. The number of hydrogen-bond acceptors (Lipinski definition) is 7. The molecule has 2 aromatic rings. The van der Waals surface area contributed by atoms with Crippen LogP contribution in [0.1, 0.15) is 17.5 Å². The Morgan fingerprint density at radius 3 is 1.90 bits per heavy atom. The highest BCUT2D eigenvalue weighted by atomic mass is 32.2. The third kappa shape index (κ3) is 4.56. The fourth-order valence-electron chi connectivity index (χ4n) is 3.24. The van der Waals surface area contributed by atoms with Crippen molar-refractivity contribution in [2.75, 3.05) is 13.7 Å². The van der Waals surface area contributed by atoms with Crippen molar-refractivity contribution in [3.05, 3.63) is 59.7 Å². The molecule has 10 heteroatoms. The van der Waals surface area contributed by atoms with Crippen LogP contribution < -0.4 is 0 Å². The van der Waals surface area contributed by atoms with E-state index in [9.17, 15) is 21.6 Å². The molecule has 0 N–H and O–H groups in total. The third-order valence-corrected chi connectivity index (χ3v) is 8.15. The molecule has 0 unspecified atom stereocenters. The van der Waals surface area contributed by atoms with Crippen LogP contribution in [0.2, 0.25) is 0 Å². The van der Waals surface area contributed by atoms with Gasteiger partial charge in [-0.25, -0.2) is 8.42 Å². The second kappa shape index (κ2) is 8.46. The zero-order valence-corrected chi connectivity index (χ0v) is 18.4. The summed E-state index contributed by atoms with van der Waals surface area (Å²) in [5, 5.41) is 0. The monoisotopic (exact) mass is 453 g/mol. The summed E-state index contributed by atoms with van der Waals surface area (Å²) in [6.45, 7) is 3.35. The number of rotatable bonds is 6. The van der Waals surface area contributed by atoms with Crippen LogP contribution in [0.3, 0.4) is 0 Å². The van der Waals surface area contributed by atoms with Gasteiger partial charge in [-0.3, -0.25) is 8.98 Å². The first-order valence-electron chi connectivity index (χ1n) is 9.21. The molecule has 0 saturated carbocycles. The molecule has 0 radical (unpaired) electrons. The zero-order valence-electron chi connectivity index (χ0n) is 16.8. The standard InChI is InChI=1S/C20H23NO7S2/c1-14-4-8-17(9-5-14)29(23,24)21-13-16(12-19(21)20(22)27-3)28-30(25,26)18-10-6-15(2)7-11-18/h4-11,16,19H,12-13H2,1-3H3/t16-,19-/m0/s1. The fraction of sp³-hybridized carbons (Fsp3) is 0.350. The number of aryl methyl sites for hydroxylation is 2. The van der Waals surface area contributed by atoms with Crippen LogP contribution in [0, 0.1) is 13.8 Å². The SMILES string of the molecule is COC(=O)[C@@H]1C[C@H](OS(=O)(=O)c2ccc(C)cc2)CN1S(=O)(=O)c1ccc(C)cc1. The van der Waals surface area contributed by atoms with Gasteiger partial charge in [0.15, 0.2) is 0 Å². The van der Waals surface area contributed by atoms with E-state index in [1.54, 1.807) is 24.3 Å². The van der Waals surface area contributed by atoms with Crippen LogP contribution in [0.4, 0.5) is 0 Å². The van der Waals surface area contributed by atoms with Crippen LogP contribution in [0.25, 0.3) is 0 Å². The van der Waals surface area contributed by atoms with E-state index in [0.717, 1.165) is 22.5 Å². The predicted octanol–water partition coefficient (Wildman–Crippen LogP) is 2.01. The molecule has 2 aromatic carbocycles. The van der Waals surface area contributed by atoms with E-state index < -0.39 is 38.3 Å². The first-order chi connectivity index (χ1) is 14.0. The van der Waals surface area contributed by atoms with Crippen LogP contribution in [-0.4, -0.2) is 52.9 Å². The molecule has 2 atom stereocenters. The number of benzene rings is 2. The van der Waals surface area contributed by atoms with E-state index in [1.165, 1.54) is 24.3 Å². The Kier molecular flexibility index (Phi) is 6.32. The van der Waals surface area contributed by atoms with E-state index in [4.69, 9.17) is 8.92 Å². The quantitative estimate of drug-likeness (QED) is 0.486. The van der Waals surface area contributed by atoms with E-state index >= 15 is 0 Å². The van der Waals surface area contributed by atoms with Crippen molar-refractivity contribution in [2.45, 2.75) is 42.2 Å². The highest BCUT2D eigenvalue weighted by molar-refractivity contribution is 7.89. The van der Waals surface area contributed by atoms with Crippen LogP contribution in [0.5, 0.6) is 0 Å². The minimum Gasteiger partial charge on any atom is -0.468 e. The van der Waals surface area contributed by atoms with Gasteiger partial charge in [-0.05, 0) is 38.1 Å². The predicted molar refractivity (Wildman–Crippen MR) is 109 cm³/mol. The van der Waals surface area contributed by atoms with Crippen molar-refractivity contribution >= 4 is 26.1 Å². The maximum atomic E-state index is 13.1. The summed E-state index contributed by atoms with van der Waals surface area (Å²) < 4.78 is 62.4. The molecule has 1 heterocycles. The maximum Gasteiger partial charge on any atom is 0.324 e. The maximum absolute atomic E-state index is 13.1. The first kappa shape index (κ1) is 22.4. The number of carbonyl (C=O) groups excluding carboxylic acids is 1. The Hall–Kier alpha value is -2.27. The largest absolute Gasteiger partial charge is 0.468 e. The van der Waals surface area contributed by atoms with Gasteiger partial charge in [0, 0.05) is 13.0 Å². The summed E-state index contributed by atoms with van der Waals surface area (Å²) in [7, 11) is -7.04. The van der Waals surface area contributed by atoms with Crippen molar-refractivity contribution in [1.82, 2.24) is 4.31 Å². The van der Waals surface area contributed by atoms with E-state index in [2.05, 4.69) is 0 Å². The average Bonchev–Trinajstić information content (AvgIpc) is 3.12.